The predicted octanol–water partition coefficient (Wildman–Crippen LogP) is 3.83. The molecule has 0 amide bonds. The molecule has 146 valence electrons. The first kappa shape index (κ1) is 17.9. The molecule has 6 heteroatoms. The fourth-order valence-electron chi connectivity index (χ4n) is 4.17. The third kappa shape index (κ3) is 2.83. The molecule has 1 atom stereocenters. The lowest BCUT2D eigenvalue weighted by Crippen LogP contribution is -2.27. The molecule has 5 rings (SSSR count). The summed E-state index contributed by atoms with van der Waals surface area (Å²) >= 11 is 0. The van der Waals surface area contributed by atoms with Gasteiger partial charge in [-0.3, -0.25) is 0 Å². The molecule has 0 radical (unpaired) electrons. The standard InChI is InChI=1S/C23H23N5O/c1-22(2,29)21-24-13-15(14-25-21)17-9-10-18-20(27-17)28-19(26-18)11-12-23(28,3)16-7-5-4-6-8-16/h4-10,13-14,29H,11-12H2,1-3H3. The minimum absolute atomic E-state index is 0.168. The number of aliphatic hydroxyl groups is 1. The van der Waals surface area contributed by atoms with Crippen LogP contribution in [0.3, 0.4) is 0 Å². The van der Waals surface area contributed by atoms with Crippen LogP contribution in [-0.2, 0) is 17.6 Å². The van der Waals surface area contributed by atoms with Crippen molar-refractivity contribution in [1.29, 1.82) is 0 Å². The molecule has 1 N–H and O–H groups in total. The topological polar surface area (TPSA) is 76.7 Å². The second-order valence-corrected chi connectivity index (χ2v) is 8.40. The van der Waals surface area contributed by atoms with Gasteiger partial charge in [-0.15, -0.1) is 0 Å². The quantitative estimate of drug-likeness (QED) is 0.580. The Labute approximate surface area is 169 Å². The summed E-state index contributed by atoms with van der Waals surface area (Å²) in [7, 11) is 0. The number of nitrogens with zero attached hydrogens (tertiary/aromatic N) is 5. The second kappa shape index (κ2) is 6.19. The summed E-state index contributed by atoms with van der Waals surface area (Å²) in [4.78, 5) is 18.4. The van der Waals surface area contributed by atoms with E-state index in [2.05, 4.69) is 45.7 Å². The van der Waals surface area contributed by atoms with Crippen LogP contribution in [0.25, 0.3) is 22.4 Å². The van der Waals surface area contributed by atoms with Crippen molar-refractivity contribution < 1.29 is 5.11 Å². The van der Waals surface area contributed by atoms with Gasteiger partial charge in [0.25, 0.3) is 0 Å². The third-order valence-electron chi connectivity index (χ3n) is 5.79. The van der Waals surface area contributed by atoms with Crippen molar-refractivity contribution >= 4 is 11.2 Å². The minimum Gasteiger partial charge on any atom is -0.382 e. The fourth-order valence-corrected chi connectivity index (χ4v) is 4.17. The van der Waals surface area contributed by atoms with Crippen LogP contribution >= 0.6 is 0 Å². The van der Waals surface area contributed by atoms with Crippen LogP contribution in [0, 0.1) is 0 Å². The van der Waals surface area contributed by atoms with Gasteiger partial charge in [0.05, 0.1) is 11.2 Å². The normalized spacial score (nSPS) is 18.9. The van der Waals surface area contributed by atoms with E-state index in [-0.39, 0.29) is 5.54 Å². The summed E-state index contributed by atoms with van der Waals surface area (Å²) in [5.74, 6) is 1.47. The highest BCUT2D eigenvalue weighted by Crippen LogP contribution is 2.40. The van der Waals surface area contributed by atoms with Crippen molar-refractivity contribution in [3.05, 3.63) is 72.1 Å². The first-order valence-electron chi connectivity index (χ1n) is 9.86. The average molecular weight is 385 g/mol. The molecule has 0 spiro atoms. The van der Waals surface area contributed by atoms with Crippen molar-refractivity contribution in [2.45, 2.75) is 44.8 Å². The smallest absolute Gasteiger partial charge is 0.161 e. The van der Waals surface area contributed by atoms with Crippen molar-refractivity contribution in [1.82, 2.24) is 24.5 Å². The van der Waals surface area contributed by atoms with Crippen LogP contribution < -0.4 is 0 Å². The molecular weight excluding hydrogens is 362 g/mol. The van der Waals surface area contributed by atoms with Gasteiger partial charge in [-0.1, -0.05) is 30.3 Å². The molecule has 3 aromatic heterocycles. The van der Waals surface area contributed by atoms with Gasteiger partial charge in [0.2, 0.25) is 0 Å². The number of fused-ring (bicyclic) bond motifs is 3. The van der Waals surface area contributed by atoms with E-state index in [0.29, 0.717) is 5.82 Å². The van der Waals surface area contributed by atoms with Crippen molar-refractivity contribution in [2.75, 3.05) is 0 Å². The van der Waals surface area contributed by atoms with E-state index in [4.69, 9.17) is 9.97 Å². The number of aromatic nitrogens is 5. The van der Waals surface area contributed by atoms with E-state index in [1.807, 2.05) is 18.2 Å². The Kier molecular flexibility index (Phi) is 3.83. The van der Waals surface area contributed by atoms with Gasteiger partial charge in [-0.2, -0.15) is 0 Å². The largest absolute Gasteiger partial charge is 0.382 e. The lowest BCUT2D eigenvalue weighted by Gasteiger charge is -2.28. The number of pyridine rings is 1. The maximum absolute atomic E-state index is 10.1. The SMILES string of the molecule is CC(C)(O)c1ncc(-c2ccc3nc4n(c3n2)C(C)(c2ccccc2)CC4)cn1. The zero-order valence-electron chi connectivity index (χ0n) is 16.8. The highest BCUT2D eigenvalue weighted by atomic mass is 16.3. The number of hydrogen-bond donors (Lipinski definition) is 1. The first-order valence-corrected chi connectivity index (χ1v) is 9.86. The van der Waals surface area contributed by atoms with Gasteiger partial charge in [0.15, 0.2) is 11.5 Å². The van der Waals surface area contributed by atoms with Gasteiger partial charge in [-0.25, -0.2) is 19.9 Å². The highest BCUT2D eigenvalue weighted by Gasteiger charge is 2.38. The van der Waals surface area contributed by atoms with E-state index in [9.17, 15) is 5.11 Å². The van der Waals surface area contributed by atoms with E-state index < -0.39 is 5.60 Å². The number of benzene rings is 1. The second-order valence-electron chi connectivity index (χ2n) is 8.40. The Morgan fingerprint density at radius 2 is 1.72 bits per heavy atom. The van der Waals surface area contributed by atoms with Crippen molar-refractivity contribution in [3.63, 3.8) is 0 Å². The van der Waals surface area contributed by atoms with Crippen LogP contribution in [0.5, 0.6) is 0 Å². The molecule has 29 heavy (non-hydrogen) atoms. The van der Waals surface area contributed by atoms with Crippen LogP contribution in [0.1, 0.15) is 44.4 Å². The molecule has 0 fully saturated rings. The predicted molar refractivity (Wildman–Crippen MR) is 111 cm³/mol. The van der Waals surface area contributed by atoms with Gasteiger partial charge in [-0.05, 0) is 44.9 Å². The Bertz CT molecular complexity index is 1190. The van der Waals surface area contributed by atoms with E-state index in [0.717, 1.165) is 41.1 Å². The molecule has 0 bridgehead atoms. The molecule has 0 saturated heterocycles. The summed E-state index contributed by atoms with van der Waals surface area (Å²) in [5, 5.41) is 10.1. The Morgan fingerprint density at radius 3 is 2.41 bits per heavy atom. The molecule has 0 saturated carbocycles. The Balaban J connectivity index is 1.63. The molecule has 1 aliphatic heterocycles. The molecule has 1 unspecified atom stereocenters. The number of aryl methyl sites for hydroxylation is 1. The molecule has 4 aromatic rings. The summed E-state index contributed by atoms with van der Waals surface area (Å²) in [6.07, 6.45) is 5.36. The summed E-state index contributed by atoms with van der Waals surface area (Å²) in [6, 6.07) is 14.5. The molecule has 1 aromatic carbocycles. The van der Waals surface area contributed by atoms with Crippen LogP contribution in [0.15, 0.2) is 54.9 Å². The summed E-state index contributed by atoms with van der Waals surface area (Å²) in [5.41, 5.74) is 3.42. The van der Waals surface area contributed by atoms with E-state index in [1.165, 1.54) is 5.56 Å². The molecular formula is C23H23N5O. The summed E-state index contributed by atoms with van der Waals surface area (Å²) < 4.78 is 2.28. The van der Waals surface area contributed by atoms with Crippen molar-refractivity contribution in [2.24, 2.45) is 0 Å². The zero-order valence-corrected chi connectivity index (χ0v) is 16.8. The number of rotatable bonds is 3. The lowest BCUT2D eigenvalue weighted by molar-refractivity contribution is 0.0687. The Morgan fingerprint density at radius 1 is 1.00 bits per heavy atom. The molecule has 1 aliphatic rings. The van der Waals surface area contributed by atoms with Gasteiger partial charge in [0.1, 0.15) is 16.9 Å². The van der Waals surface area contributed by atoms with Crippen molar-refractivity contribution in [3.8, 4) is 11.3 Å². The monoisotopic (exact) mass is 385 g/mol. The number of hydrogen-bond acceptors (Lipinski definition) is 5. The maximum atomic E-state index is 10.1. The molecule has 0 aliphatic carbocycles. The molecule has 4 heterocycles. The molecule has 6 nitrogen and oxygen atoms in total. The summed E-state index contributed by atoms with van der Waals surface area (Å²) in [6.45, 7) is 5.61. The lowest BCUT2D eigenvalue weighted by atomic mass is 9.90. The Hall–Kier alpha value is -3.12. The highest BCUT2D eigenvalue weighted by molar-refractivity contribution is 5.77. The van der Waals surface area contributed by atoms with Gasteiger partial charge in [0, 0.05) is 24.4 Å². The van der Waals surface area contributed by atoms with Gasteiger partial charge >= 0.3 is 0 Å². The van der Waals surface area contributed by atoms with Crippen LogP contribution in [0.2, 0.25) is 0 Å². The van der Waals surface area contributed by atoms with Gasteiger partial charge < -0.3 is 9.67 Å². The average Bonchev–Trinajstić information content (AvgIpc) is 3.26. The minimum atomic E-state index is -1.07. The first-order chi connectivity index (χ1) is 13.9. The van der Waals surface area contributed by atoms with E-state index in [1.54, 1.807) is 26.2 Å². The fraction of sp³-hybridized carbons (Fsp3) is 0.304. The van der Waals surface area contributed by atoms with Crippen LogP contribution in [0.4, 0.5) is 0 Å². The van der Waals surface area contributed by atoms with E-state index >= 15 is 0 Å². The zero-order chi connectivity index (χ0) is 20.2. The van der Waals surface area contributed by atoms with Crippen LogP contribution in [-0.4, -0.2) is 29.6 Å². The third-order valence-corrected chi connectivity index (χ3v) is 5.79. The maximum Gasteiger partial charge on any atom is 0.161 e. The number of imidazole rings is 1.